The average molecular weight is 405 g/mol. The fraction of sp³-hybridized carbons (Fsp3) is 0.591. The van der Waals surface area contributed by atoms with Crippen LogP contribution in [-0.2, 0) is 20.7 Å². The van der Waals surface area contributed by atoms with Crippen LogP contribution in [0.3, 0.4) is 0 Å². The molecule has 1 aliphatic heterocycles. The third-order valence-corrected chi connectivity index (χ3v) is 5.02. The minimum absolute atomic E-state index is 0.144. The van der Waals surface area contributed by atoms with Crippen LogP contribution in [0.1, 0.15) is 40.2 Å². The highest BCUT2D eigenvalue weighted by atomic mass is 16.6. The molecule has 29 heavy (non-hydrogen) atoms. The molecule has 0 bridgehead atoms. The van der Waals surface area contributed by atoms with E-state index in [0.717, 1.165) is 5.56 Å². The van der Waals surface area contributed by atoms with Crippen LogP contribution in [0.5, 0.6) is 0 Å². The maximum atomic E-state index is 13.1. The van der Waals surface area contributed by atoms with Crippen molar-refractivity contribution >= 4 is 18.0 Å². The number of carboxylic acids is 1. The quantitative estimate of drug-likeness (QED) is 0.760. The standard InChI is InChI=1S/C22H32N2O5/c1-14(2)18(23-21(28)29-22(3,4)5)19(25)24-12-16(17(13-24)20(26)27)11-15-9-7-6-8-10-15/h6-10,14,16-18H,11-13H2,1-5H3,(H,23,28)(H,26,27)/t16-,17-,18?/m0/s1. The van der Waals surface area contributed by atoms with Crippen molar-refractivity contribution in [2.75, 3.05) is 13.1 Å². The van der Waals surface area contributed by atoms with E-state index in [2.05, 4.69) is 5.32 Å². The molecule has 1 heterocycles. The van der Waals surface area contributed by atoms with E-state index >= 15 is 0 Å². The van der Waals surface area contributed by atoms with Gasteiger partial charge in [-0.05, 0) is 44.6 Å². The molecule has 1 fully saturated rings. The number of ether oxygens (including phenoxy) is 1. The van der Waals surface area contributed by atoms with Crippen molar-refractivity contribution in [3.63, 3.8) is 0 Å². The number of nitrogens with zero attached hydrogens (tertiary/aromatic N) is 1. The van der Waals surface area contributed by atoms with Crippen molar-refractivity contribution in [3.05, 3.63) is 35.9 Å². The predicted molar refractivity (Wildman–Crippen MR) is 109 cm³/mol. The number of amides is 2. The first-order valence-electron chi connectivity index (χ1n) is 10.0. The summed E-state index contributed by atoms with van der Waals surface area (Å²) in [6.07, 6.45) is -0.0627. The minimum Gasteiger partial charge on any atom is -0.481 e. The average Bonchev–Trinajstić information content (AvgIpc) is 3.02. The molecule has 7 heteroatoms. The lowest BCUT2D eigenvalue weighted by Gasteiger charge is -2.28. The van der Waals surface area contributed by atoms with Crippen molar-refractivity contribution in [3.8, 4) is 0 Å². The zero-order valence-corrected chi connectivity index (χ0v) is 17.8. The number of carbonyl (C=O) groups excluding carboxylic acids is 2. The Balaban J connectivity index is 2.11. The van der Waals surface area contributed by atoms with Gasteiger partial charge in [-0.2, -0.15) is 0 Å². The van der Waals surface area contributed by atoms with Gasteiger partial charge in [0, 0.05) is 13.1 Å². The molecule has 2 rings (SSSR count). The Hall–Kier alpha value is -2.57. The Kier molecular flexibility index (Phi) is 7.27. The van der Waals surface area contributed by atoms with Gasteiger partial charge in [-0.15, -0.1) is 0 Å². The number of aliphatic carboxylic acids is 1. The van der Waals surface area contributed by atoms with E-state index in [1.54, 1.807) is 25.7 Å². The summed E-state index contributed by atoms with van der Waals surface area (Å²) in [6, 6.07) is 8.91. The molecule has 0 saturated carbocycles. The molecule has 0 aliphatic carbocycles. The van der Waals surface area contributed by atoms with Gasteiger partial charge in [-0.25, -0.2) is 4.79 Å². The number of alkyl carbamates (subject to hydrolysis) is 1. The van der Waals surface area contributed by atoms with Gasteiger partial charge in [0.05, 0.1) is 5.92 Å². The molecule has 2 N–H and O–H groups in total. The molecule has 1 unspecified atom stereocenters. The van der Waals surface area contributed by atoms with Crippen LogP contribution < -0.4 is 5.32 Å². The van der Waals surface area contributed by atoms with E-state index in [9.17, 15) is 19.5 Å². The summed E-state index contributed by atoms with van der Waals surface area (Å²) in [5.74, 6) is -2.14. The van der Waals surface area contributed by atoms with Crippen molar-refractivity contribution < 1.29 is 24.2 Å². The molecule has 7 nitrogen and oxygen atoms in total. The molecule has 0 spiro atoms. The highest BCUT2D eigenvalue weighted by Gasteiger charge is 2.42. The van der Waals surface area contributed by atoms with Crippen LogP contribution in [0.4, 0.5) is 4.79 Å². The molecule has 1 aromatic carbocycles. The van der Waals surface area contributed by atoms with Gasteiger partial charge in [0.1, 0.15) is 11.6 Å². The van der Waals surface area contributed by atoms with Gasteiger partial charge >= 0.3 is 12.1 Å². The molecule has 2 amide bonds. The highest BCUT2D eigenvalue weighted by Crippen LogP contribution is 2.28. The second-order valence-corrected chi connectivity index (χ2v) is 9.01. The lowest BCUT2D eigenvalue weighted by molar-refractivity contribution is -0.142. The van der Waals surface area contributed by atoms with Crippen LogP contribution in [0.15, 0.2) is 30.3 Å². The topological polar surface area (TPSA) is 95.9 Å². The second-order valence-electron chi connectivity index (χ2n) is 9.01. The molecular formula is C22H32N2O5. The highest BCUT2D eigenvalue weighted by molar-refractivity contribution is 5.87. The van der Waals surface area contributed by atoms with Crippen LogP contribution in [-0.4, -0.2) is 52.7 Å². The summed E-state index contributed by atoms with van der Waals surface area (Å²) >= 11 is 0. The van der Waals surface area contributed by atoms with Crippen molar-refractivity contribution in [2.45, 2.75) is 52.7 Å². The van der Waals surface area contributed by atoms with Crippen molar-refractivity contribution in [1.82, 2.24) is 10.2 Å². The Morgan fingerprint density at radius 1 is 1.17 bits per heavy atom. The van der Waals surface area contributed by atoms with E-state index < -0.39 is 29.6 Å². The van der Waals surface area contributed by atoms with Gasteiger partial charge in [0.15, 0.2) is 0 Å². The van der Waals surface area contributed by atoms with Crippen LogP contribution in [0.2, 0.25) is 0 Å². The smallest absolute Gasteiger partial charge is 0.408 e. The number of carbonyl (C=O) groups is 3. The number of hydrogen-bond donors (Lipinski definition) is 2. The first-order valence-corrected chi connectivity index (χ1v) is 10.0. The van der Waals surface area contributed by atoms with Crippen LogP contribution in [0, 0.1) is 17.8 Å². The third-order valence-electron chi connectivity index (χ3n) is 5.02. The number of rotatable bonds is 6. The van der Waals surface area contributed by atoms with E-state index in [4.69, 9.17) is 4.74 Å². The SMILES string of the molecule is CC(C)C(NC(=O)OC(C)(C)C)C(=O)N1C[C@H](Cc2ccccc2)[C@@H](C(=O)O)C1. The van der Waals surface area contributed by atoms with Gasteiger partial charge in [-0.1, -0.05) is 44.2 Å². The number of nitrogens with one attached hydrogen (secondary N) is 1. The fourth-order valence-corrected chi connectivity index (χ4v) is 3.60. The summed E-state index contributed by atoms with van der Waals surface area (Å²) < 4.78 is 5.28. The maximum Gasteiger partial charge on any atom is 0.408 e. The monoisotopic (exact) mass is 404 g/mol. The summed E-state index contributed by atoms with van der Waals surface area (Å²) in [5.41, 5.74) is 0.377. The Bertz CT molecular complexity index is 726. The molecular weight excluding hydrogens is 372 g/mol. The molecule has 3 atom stereocenters. The number of benzene rings is 1. The molecule has 1 saturated heterocycles. The summed E-state index contributed by atoms with van der Waals surface area (Å²) in [7, 11) is 0. The van der Waals surface area contributed by atoms with Crippen molar-refractivity contribution in [1.29, 1.82) is 0 Å². The number of hydrogen-bond acceptors (Lipinski definition) is 4. The Labute approximate surface area is 172 Å². The van der Waals surface area contributed by atoms with Crippen LogP contribution in [0.25, 0.3) is 0 Å². The van der Waals surface area contributed by atoms with Gasteiger partial charge < -0.3 is 20.1 Å². The maximum absolute atomic E-state index is 13.1. The zero-order chi connectivity index (χ0) is 21.8. The largest absolute Gasteiger partial charge is 0.481 e. The lowest BCUT2D eigenvalue weighted by atomic mass is 9.90. The summed E-state index contributed by atoms with van der Waals surface area (Å²) in [5, 5.41) is 12.3. The fourth-order valence-electron chi connectivity index (χ4n) is 3.60. The van der Waals surface area contributed by atoms with Crippen molar-refractivity contribution in [2.24, 2.45) is 17.8 Å². The first kappa shape index (κ1) is 22.7. The number of carboxylic acid groups (broad SMARTS) is 1. The Morgan fingerprint density at radius 2 is 1.79 bits per heavy atom. The summed E-state index contributed by atoms with van der Waals surface area (Å²) in [6.45, 7) is 9.44. The van der Waals surface area contributed by atoms with E-state index in [1.165, 1.54) is 0 Å². The first-order chi connectivity index (χ1) is 13.5. The van der Waals surface area contributed by atoms with Gasteiger partial charge in [-0.3, -0.25) is 9.59 Å². The second kappa shape index (κ2) is 9.29. The van der Waals surface area contributed by atoms with Gasteiger partial charge in [0.25, 0.3) is 0 Å². The molecule has 0 aromatic heterocycles. The zero-order valence-electron chi connectivity index (χ0n) is 17.8. The van der Waals surface area contributed by atoms with E-state index in [0.29, 0.717) is 13.0 Å². The third kappa shape index (κ3) is 6.48. The molecule has 1 aromatic rings. The lowest BCUT2D eigenvalue weighted by Crippen LogP contribution is -2.51. The molecule has 1 aliphatic rings. The van der Waals surface area contributed by atoms with E-state index in [1.807, 2.05) is 44.2 Å². The van der Waals surface area contributed by atoms with E-state index in [-0.39, 0.29) is 24.3 Å². The predicted octanol–water partition coefficient (Wildman–Crippen LogP) is 2.94. The van der Waals surface area contributed by atoms with Gasteiger partial charge in [0.2, 0.25) is 5.91 Å². The minimum atomic E-state index is -0.901. The number of likely N-dealkylation sites (tertiary alicyclic amines) is 1. The normalized spacial score (nSPS) is 20.4. The summed E-state index contributed by atoms with van der Waals surface area (Å²) in [4.78, 5) is 38.6. The van der Waals surface area contributed by atoms with Crippen LogP contribution >= 0.6 is 0 Å². The molecule has 160 valence electrons. The molecule has 0 radical (unpaired) electrons. The Morgan fingerprint density at radius 3 is 2.31 bits per heavy atom.